The maximum Gasteiger partial charge on any atom is 0.220 e. The zero-order valence-corrected chi connectivity index (χ0v) is 11.1. The fourth-order valence-corrected chi connectivity index (χ4v) is 2.66. The topological polar surface area (TPSA) is 56.8 Å². The lowest BCUT2D eigenvalue weighted by atomic mass is 9.90. The first-order valence-corrected chi connectivity index (χ1v) is 6.80. The van der Waals surface area contributed by atoms with Crippen LogP contribution in [0.3, 0.4) is 0 Å². The molecule has 0 aromatic rings. The summed E-state index contributed by atoms with van der Waals surface area (Å²) in [6.45, 7) is 2.05. The van der Waals surface area contributed by atoms with Crippen LogP contribution in [0.15, 0.2) is 0 Å². The van der Waals surface area contributed by atoms with E-state index in [-0.39, 0.29) is 17.7 Å². The molecule has 2 fully saturated rings. The van der Waals surface area contributed by atoms with Gasteiger partial charge in [0.1, 0.15) is 0 Å². The third kappa shape index (κ3) is 3.67. The summed E-state index contributed by atoms with van der Waals surface area (Å²) in [5.74, 6) is -0.210. The van der Waals surface area contributed by atoms with Gasteiger partial charge in [0.05, 0.1) is 13.2 Å². The van der Waals surface area contributed by atoms with Gasteiger partial charge in [-0.1, -0.05) is 0 Å². The van der Waals surface area contributed by atoms with E-state index in [2.05, 4.69) is 5.32 Å². The number of methoxy groups -OCH3 is 1. The van der Waals surface area contributed by atoms with Gasteiger partial charge in [-0.15, -0.1) is 0 Å². The zero-order valence-electron chi connectivity index (χ0n) is 11.1. The van der Waals surface area contributed by atoms with E-state index in [9.17, 15) is 4.79 Å². The molecule has 18 heavy (non-hydrogen) atoms. The zero-order chi connectivity index (χ0) is 12.8. The first kappa shape index (κ1) is 13.8. The fraction of sp³-hybridized carbons (Fsp3) is 0.923. The molecule has 1 N–H and O–H groups in total. The van der Waals surface area contributed by atoms with Crippen LogP contribution in [0.25, 0.3) is 0 Å². The van der Waals surface area contributed by atoms with Gasteiger partial charge >= 0.3 is 0 Å². The highest BCUT2D eigenvalue weighted by atomic mass is 16.7. The Labute approximate surface area is 108 Å². The smallest absolute Gasteiger partial charge is 0.220 e. The highest BCUT2D eigenvalue weighted by Gasteiger charge is 2.40. The molecule has 1 saturated carbocycles. The molecule has 0 radical (unpaired) electrons. The molecular weight excluding hydrogens is 234 g/mol. The van der Waals surface area contributed by atoms with Gasteiger partial charge in [-0.25, -0.2) is 0 Å². The van der Waals surface area contributed by atoms with E-state index in [0.717, 1.165) is 32.1 Å². The van der Waals surface area contributed by atoms with Crippen molar-refractivity contribution in [2.24, 2.45) is 0 Å². The average Bonchev–Trinajstić information content (AvgIpc) is 2.81. The Kier molecular flexibility index (Phi) is 4.97. The maximum atomic E-state index is 11.7. The van der Waals surface area contributed by atoms with Crippen LogP contribution >= 0.6 is 0 Å². The molecule has 1 amide bonds. The van der Waals surface area contributed by atoms with Crippen molar-refractivity contribution in [2.45, 2.75) is 50.4 Å². The molecule has 5 heteroatoms. The summed E-state index contributed by atoms with van der Waals surface area (Å²) < 4.78 is 16.3. The van der Waals surface area contributed by atoms with E-state index in [4.69, 9.17) is 14.2 Å². The van der Waals surface area contributed by atoms with E-state index in [0.29, 0.717) is 26.2 Å². The van der Waals surface area contributed by atoms with E-state index in [1.54, 1.807) is 7.11 Å². The number of carbonyl (C=O) groups is 1. The second-order valence-corrected chi connectivity index (χ2v) is 5.05. The molecule has 2 rings (SSSR count). The maximum absolute atomic E-state index is 11.7. The molecule has 1 aliphatic heterocycles. The van der Waals surface area contributed by atoms with Crippen molar-refractivity contribution in [3.8, 4) is 0 Å². The molecule has 1 saturated heterocycles. The van der Waals surface area contributed by atoms with E-state index < -0.39 is 0 Å². The van der Waals surface area contributed by atoms with Crippen LogP contribution in [-0.4, -0.2) is 44.7 Å². The van der Waals surface area contributed by atoms with Crippen LogP contribution in [0.5, 0.6) is 0 Å². The Bertz CT molecular complexity index is 266. The van der Waals surface area contributed by atoms with Crippen LogP contribution in [0, 0.1) is 0 Å². The quantitative estimate of drug-likeness (QED) is 0.752. The van der Waals surface area contributed by atoms with E-state index in [1.165, 1.54) is 0 Å². The number of amides is 1. The molecule has 0 aromatic carbocycles. The van der Waals surface area contributed by atoms with Crippen molar-refractivity contribution in [1.82, 2.24) is 5.32 Å². The Hall–Kier alpha value is -0.650. The van der Waals surface area contributed by atoms with Crippen LogP contribution in [0.1, 0.15) is 38.5 Å². The molecule has 1 spiro atoms. The number of ether oxygens (including phenoxy) is 3. The lowest BCUT2D eigenvalue weighted by molar-refractivity contribution is -0.180. The lowest BCUT2D eigenvalue weighted by Gasteiger charge is -2.35. The Morgan fingerprint density at radius 3 is 2.61 bits per heavy atom. The molecule has 0 unspecified atom stereocenters. The average molecular weight is 257 g/mol. The summed E-state index contributed by atoms with van der Waals surface area (Å²) in [6.07, 6.45) is 4.98. The second kappa shape index (κ2) is 6.50. The van der Waals surface area contributed by atoms with Crippen molar-refractivity contribution < 1.29 is 19.0 Å². The van der Waals surface area contributed by atoms with Gasteiger partial charge in [-0.3, -0.25) is 4.79 Å². The highest BCUT2D eigenvalue weighted by molar-refractivity contribution is 5.76. The Morgan fingerprint density at radius 1 is 1.33 bits per heavy atom. The van der Waals surface area contributed by atoms with Gasteiger partial charge in [0.2, 0.25) is 5.91 Å². The van der Waals surface area contributed by atoms with Crippen LogP contribution in [0.2, 0.25) is 0 Å². The molecule has 0 aromatic heterocycles. The highest BCUT2D eigenvalue weighted by Crippen LogP contribution is 2.35. The van der Waals surface area contributed by atoms with Crippen LogP contribution in [-0.2, 0) is 19.0 Å². The molecular formula is C13H23NO4. The lowest BCUT2D eigenvalue weighted by Crippen LogP contribution is -2.44. The third-order valence-electron chi connectivity index (χ3n) is 3.68. The molecule has 0 atom stereocenters. The molecule has 2 aliphatic rings. The first-order chi connectivity index (χ1) is 8.74. The summed E-state index contributed by atoms with van der Waals surface area (Å²) >= 11 is 0. The van der Waals surface area contributed by atoms with Crippen molar-refractivity contribution >= 4 is 5.91 Å². The van der Waals surface area contributed by atoms with Gasteiger partial charge in [0.25, 0.3) is 0 Å². The van der Waals surface area contributed by atoms with E-state index in [1.807, 2.05) is 0 Å². The fourth-order valence-electron chi connectivity index (χ4n) is 2.66. The second-order valence-electron chi connectivity index (χ2n) is 5.05. The van der Waals surface area contributed by atoms with Crippen molar-refractivity contribution in [1.29, 1.82) is 0 Å². The molecule has 5 nitrogen and oxygen atoms in total. The van der Waals surface area contributed by atoms with Crippen LogP contribution in [0.4, 0.5) is 0 Å². The van der Waals surface area contributed by atoms with Crippen molar-refractivity contribution in [2.75, 3.05) is 26.9 Å². The van der Waals surface area contributed by atoms with Crippen molar-refractivity contribution in [3.05, 3.63) is 0 Å². The minimum Gasteiger partial charge on any atom is -0.385 e. The number of carbonyl (C=O) groups excluding carboxylic acids is 1. The molecule has 1 heterocycles. The summed E-state index contributed by atoms with van der Waals surface area (Å²) in [7, 11) is 1.65. The van der Waals surface area contributed by atoms with Gasteiger partial charge in [0.15, 0.2) is 5.79 Å². The van der Waals surface area contributed by atoms with Gasteiger partial charge in [0, 0.05) is 39.0 Å². The minimum atomic E-state index is -0.336. The summed E-state index contributed by atoms with van der Waals surface area (Å²) in [4.78, 5) is 11.7. The molecule has 1 aliphatic carbocycles. The van der Waals surface area contributed by atoms with Crippen molar-refractivity contribution in [3.63, 3.8) is 0 Å². The standard InChI is InChI=1S/C13H23NO4/c1-16-8-2-3-12(15)14-11-4-6-13(7-5-11)17-9-10-18-13/h11H,2-10H2,1H3,(H,14,15). The monoisotopic (exact) mass is 257 g/mol. The molecule has 104 valence electrons. The number of hydrogen-bond donors (Lipinski definition) is 1. The number of hydrogen-bond acceptors (Lipinski definition) is 4. The number of nitrogens with one attached hydrogen (secondary N) is 1. The predicted octanol–water partition coefficient (Wildman–Crippen LogP) is 1.21. The largest absolute Gasteiger partial charge is 0.385 e. The summed E-state index contributed by atoms with van der Waals surface area (Å²) in [5.41, 5.74) is 0. The van der Waals surface area contributed by atoms with Gasteiger partial charge in [-0.2, -0.15) is 0 Å². The summed E-state index contributed by atoms with van der Waals surface area (Å²) in [5, 5.41) is 3.08. The summed E-state index contributed by atoms with van der Waals surface area (Å²) in [6, 6.07) is 0.276. The van der Waals surface area contributed by atoms with Gasteiger partial charge < -0.3 is 19.5 Å². The van der Waals surface area contributed by atoms with Crippen LogP contribution < -0.4 is 5.32 Å². The normalized spacial score (nSPS) is 23.4. The number of rotatable bonds is 5. The van der Waals surface area contributed by atoms with E-state index >= 15 is 0 Å². The van der Waals surface area contributed by atoms with Gasteiger partial charge in [-0.05, 0) is 19.3 Å². The molecule has 0 bridgehead atoms. The Balaban J connectivity index is 1.65. The SMILES string of the molecule is COCCCC(=O)NC1CCC2(CC1)OCCO2. The third-order valence-corrected chi connectivity index (χ3v) is 3.68. The minimum absolute atomic E-state index is 0.126. The predicted molar refractivity (Wildman–Crippen MR) is 66.1 cm³/mol. The Morgan fingerprint density at radius 2 is 2.00 bits per heavy atom. The first-order valence-electron chi connectivity index (χ1n) is 6.80.